The quantitative estimate of drug-likeness (QED) is 0.792. The number of pyridine rings is 2. The number of fused-ring (bicyclic) bond motifs is 1. The molecule has 4 rings (SSSR count). The van der Waals surface area contributed by atoms with Crippen LogP contribution in [0.5, 0.6) is 0 Å². The smallest absolute Gasteiger partial charge is 0.254 e. The summed E-state index contributed by atoms with van der Waals surface area (Å²) in [7, 11) is 1.96. The van der Waals surface area contributed by atoms with Gasteiger partial charge in [0.1, 0.15) is 0 Å². The van der Waals surface area contributed by atoms with Gasteiger partial charge in [0.15, 0.2) is 0 Å². The van der Waals surface area contributed by atoms with Crippen molar-refractivity contribution in [1.29, 1.82) is 0 Å². The summed E-state index contributed by atoms with van der Waals surface area (Å²) in [5, 5.41) is 4.20. The second-order valence-corrected chi connectivity index (χ2v) is 6.69. The molecular formula is C21H22N4O. The third-order valence-corrected chi connectivity index (χ3v) is 5.02. The lowest BCUT2D eigenvalue weighted by atomic mass is 10.0. The molecule has 1 aromatic carbocycles. The van der Waals surface area contributed by atoms with Gasteiger partial charge in [-0.25, -0.2) is 4.98 Å². The van der Waals surface area contributed by atoms with E-state index in [0.717, 1.165) is 48.1 Å². The van der Waals surface area contributed by atoms with E-state index < -0.39 is 0 Å². The Morgan fingerprint density at radius 1 is 1.23 bits per heavy atom. The molecular weight excluding hydrogens is 324 g/mol. The summed E-state index contributed by atoms with van der Waals surface area (Å²) in [5.74, 6) is 0.0775. The van der Waals surface area contributed by atoms with Crippen LogP contribution in [0.25, 0.3) is 22.2 Å². The van der Waals surface area contributed by atoms with Gasteiger partial charge in [0, 0.05) is 42.5 Å². The van der Waals surface area contributed by atoms with Crippen LogP contribution in [0.3, 0.4) is 0 Å². The second kappa shape index (κ2) is 7.22. The Hall–Kier alpha value is -2.79. The summed E-state index contributed by atoms with van der Waals surface area (Å²) < 4.78 is 0. The number of likely N-dealkylation sites (N-methyl/N-ethyl adjacent to an activating group) is 1. The Morgan fingerprint density at radius 3 is 2.92 bits per heavy atom. The molecule has 1 amide bonds. The first kappa shape index (κ1) is 16.7. The van der Waals surface area contributed by atoms with Crippen molar-refractivity contribution in [2.45, 2.75) is 18.9 Å². The van der Waals surface area contributed by atoms with Crippen molar-refractivity contribution in [2.24, 2.45) is 0 Å². The van der Waals surface area contributed by atoms with Crippen LogP contribution in [-0.2, 0) is 0 Å². The number of hydrogen-bond acceptors (Lipinski definition) is 4. The molecule has 1 unspecified atom stereocenters. The summed E-state index contributed by atoms with van der Waals surface area (Å²) in [6.07, 6.45) is 5.65. The largest absolute Gasteiger partial charge is 0.337 e. The van der Waals surface area contributed by atoms with E-state index in [-0.39, 0.29) is 5.91 Å². The van der Waals surface area contributed by atoms with E-state index in [9.17, 15) is 4.79 Å². The summed E-state index contributed by atoms with van der Waals surface area (Å²) in [6.45, 7) is 1.55. The number of nitrogens with one attached hydrogen (secondary N) is 1. The number of benzene rings is 1. The molecule has 0 radical (unpaired) electrons. The van der Waals surface area contributed by atoms with Crippen LogP contribution in [0.4, 0.5) is 0 Å². The molecule has 5 nitrogen and oxygen atoms in total. The molecule has 1 saturated heterocycles. The molecule has 0 aliphatic carbocycles. The zero-order chi connectivity index (χ0) is 17.9. The number of likely N-dealkylation sites (tertiary alicyclic amines) is 1. The van der Waals surface area contributed by atoms with Crippen molar-refractivity contribution in [2.75, 3.05) is 20.1 Å². The van der Waals surface area contributed by atoms with Crippen LogP contribution in [0.2, 0.25) is 0 Å². The first-order valence-electron chi connectivity index (χ1n) is 9.03. The maximum Gasteiger partial charge on any atom is 0.254 e. The van der Waals surface area contributed by atoms with Crippen molar-refractivity contribution < 1.29 is 4.79 Å². The van der Waals surface area contributed by atoms with Crippen molar-refractivity contribution in [1.82, 2.24) is 20.2 Å². The predicted molar refractivity (Wildman–Crippen MR) is 103 cm³/mol. The monoisotopic (exact) mass is 346 g/mol. The summed E-state index contributed by atoms with van der Waals surface area (Å²) in [4.78, 5) is 24.2. The number of nitrogens with zero attached hydrogens (tertiary/aromatic N) is 3. The second-order valence-electron chi connectivity index (χ2n) is 6.69. The van der Waals surface area contributed by atoms with Gasteiger partial charge >= 0.3 is 0 Å². The van der Waals surface area contributed by atoms with E-state index in [4.69, 9.17) is 4.98 Å². The number of carbonyl (C=O) groups excluding carboxylic acids is 1. The predicted octanol–water partition coefficient (Wildman–Crippen LogP) is 3.12. The van der Waals surface area contributed by atoms with Crippen LogP contribution >= 0.6 is 0 Å². The van der Waals surface area contributed by atoms with Crippen LogP contribution < -0.4 is 5.32 Å². The molecule has 1 N–H and O–H groups in total. The zero-order valence-corrected chi connectivity index (χ0v) is 14.9. The lowest BCUT2D eigenvalue weighted by Crippen LogP contribution is -2.47. The van der Waals surface area contributed by atoms with Crippen LogP contribution in [-0.4, -0.2) is 47.0 Å². The molecule has 0 bridgehead atoms. The fourth-order valence-electron chi connectivity index (χ4n) is 3.58. The van der Waals surface area contributed by atoms with E-state index in [1.807, 2.05) is 54.4 Å². The highest BCUT2D eigenvalue weighted by molar-refractivity contribution is 6.07. The van der Waals surface area contributed by atoms with Gasteiger partial charge in [0.2, 0.25) is 0 Å². The Kier molecular flexibility index (Phi) is 4.63. The highest BCUT2D eigenvalue weighted by atomic mass is 16.2. The highest BCUT2D eigenvalue weighted by Gasteiger charge is 2.25. The van der Waals surface area contributed by atoms with E-state index in [2.05, 4.69) is 10.3 Å². The lowest BCUT2D eigenvalue weighted by Gasteiger charge is -2.33. The van der Waals surface area contributed by atoms with Crippen molar-refractivity contribution in [3.63, 3.8) is 0 Å². The number of carbonyl (C=O) groups is 1. The zero-order valence-electron chi connectivity index (χ0n) is 14.9. The fraction of sp³-hybridized carbons (Fsp3) is 0.286. The number of hydrogen-bond donors (Lipinski definition) is 1. The number of piperidine rings is 1. The maximum absolute atomic E-state index is 13.3. The van der Waals surface area contributed by atoms with Gasteiger partial charge in [-0.3, -0.25) is 9.78 Å². The maximum atomic E-state index is 13.3. The average molecular weight is 346 g/mol. The van der Waals surface area contributed by atoms with E-state index >= 15 is 0 Å². The van der Waals surface area contributed by atoms with Gasteiger partial charge in [-0.2, -0.15) is 0 Å². The minimum Gasteiger partial charge on any atom is -0.337 e. The minimum atomic E-state index is 0.0775. The van der Waals surface area contributed by atoms with Crippen LogP contribution in [0, 0.1) is 0 Å². The molecule has 0 spiro atoms. The molecule has 5 heteroatoms. The number of amides is 1. The van der Waals surface area contributed by atoms with Crippen LogP contribution in [0.1, 0.15) is 23.2 Å². The summed E-state index contributed by atoms with van der Waals surface area (Å²) >= 11 is 0. The fourth-order valence-corrected chi connectivity index (χ4v) is 3.58. The van der Waals surface area contributed by atoms with Crippen molar-refractivity contribution >= 4 is 16.8 Å². The van der Waals surface area contributed by atoms with Gasteiger partial charge in [0.05, 0.1) is 16.8 Å². The summed E-state index contributed by atoms with van der Waals surface area (Å²) in [5.41, 5.74) is 3.24. The van der Waals surface area contributed by atoms with Crippen molar-refractivity contribution in [3.8, 4) is 11.3 Å². The molecule has 0 saturated carbocycles. The molecule has 1 fully saturated rings. The molecule has 3 heterocycles. The standard InChI is InChI=1S/C21H22N4O/c1-22-16-7-5-11-25(14-16)21(26)18-12-20(15-6-4-10-23-13-15)24-19-9-3-2-8-17(18)19/h2-4,6,8-10,12-13,16,22H,5,7,11,14H2,1H3. The van der Waals surface area contributed by atoms with Crippen molar-refractivity contribution in [3.05, 3.63) is 60.4 Å². The first-order valence-corrected chi connectivity index (χ1v) is 9.03. The Morgan fingerprint density at radius 2 is 2.12 bits per heavy atom. The molecule has 1 aliphatic heterocycles. The summed E-state index contributed by atoms with van der Waals surface area (Å²) in [6, 6.07) is 14.0. The van der Waals surface area contributed by atoms with Gasteiger partial charge in [-0.15, -0.1) is 0 Å². The lowest BCUT2D eigenvalue weighted by molar-refractivity contribution is 0.0700. The third-order valence-electron chi connectivity index (χ3n) is 5.02. The Labute approximate surface area is 153 Å². The number of aromatic nitrogens is 2. The van der Waals surface area contributed by atoms with E-state index in [0.29, 0.717) is 11.6 Å². The van der Waals surface area contributed by atoms with Gasteiger partial charge in [0.25, 0.3) is 5.91 Å². The van der Waals surface area contributed by atoms with Gasteiger partial charge in [-0.1, -0.05) is 18.2 Å². The molecule has 2 aromatic heterocycles. The Bertz CT molecular complexity index is 926. The Balaban J connectivity index is 1.79. The average Bonchev–Trinajstić information content (AvgIpc) is 2.73. The van der Waals surface area contributed by atoms with Gasteiger partial charge in [-0.05, 0) is 44.2 Å². The number of para-hydroxylation sites is 1. The van der Waals surface area contributed by atoms with E-state index in [1.54, 1.807) is 12.4 Å². The van der Waals surface area contributed by atoms with Crippen LogP contribution in [0.15, 0.2) is 54.9 Å². The number of rotatable bonds is 3. The topological polar surface area (TPSA) is 58.1 Å². The first-order chi connectivity index (χ1) is 12.8. The van der Waals surface area contributed by atoms with E-state index in [1.165, 1.54) is 0 Å². The molecule has 132 valence electrons. The molecule has 1 atom stereocenters. The van der Waals surface area contributed by atoms with Gasteiger partial charge < -0.3 is 10.2 Å². The third kappa shape index (κ3) is 3.18. The molecule has 26 heavy (non-hydrogen) atoms. The molecule has 1 aliphatic rings. The molecule has 3 aromatic rings. The SMILES string of the molecule is CNC1CCCN(C(=O)c2cc(-c3cccnc3)nc3ccccc23)C1. The normalized spacial score (nSPS) is 17.4. The minimum absolute atomic E-state index is 0.0775. The highest BCUT2D eigenvalue weighted by Crippen LogP contribution is 2.26.